The average molecular weight is 277 g/mol. The summed E-state index contributed by atoms with van der Waals surface area (Å²) in [5.41, 5.74) is 6.40. The first-order valence-corrected chi connectivity index (χ1v) is 7.33. The lowest BCUT2D eigenvalue weighted by Gasteiger charge is -2.10. The van der Waals surface area contributed by atoms with E-state index in [-0.39, 0.29) is 0 Å². The third-order valence-corrected chi connectivity index (χ3v) is 3.53. The molecule has 2 aromatic rings. The minimum Gasteiger partial charge on any atom is -0.476 e. The van der Waals surface area contributed by atoms with E-state index in [1.54, 1.807) is 11.3 Å². The van der Waals surface area contributed by atoms with Crippen molar-refractivity contribution in [1.82, 2.24) is 4.98 Å². The van der Waals surface area contributed by atoms with Crippen LogP contribution in [0.25, 0.3) is 0 Å². The lowest BCUT2D eigenvalue weighted by molar-refractivity contribution is 0.307. The number of nitrogens with two attached hydrogens (primary N) is 1. The van der Waals surface area contributed by atoms with Gasteiger partial charge in [-0.05, 0) is 36.4 Å². The van der Waals surface area contributed by atoms with Crippen LogP contribution < -0.4 is 15.8 Å². The summed E-state index contributed by atoms with van der Waals surface area (Å²) < 4.78 is 5.50. The summed E-state index contributed by atoms with van der Waals surface area (Å²) in [4.78, 5) is 5.74. The van der Waals surface area contributed by atoms with Gasteiger partial charge in [0, 0.05) is 11.4 Å². The molecule has 0 aliphatic heterocycles. The molecule has 102 valence electrons. The molecule has 3 N–H and O–H groups in total. The van der Waals surface area contributed by atoms with Crippen LogP contribution in [0.4, 0.5) is 11.5 Å². The number of nitrogens with zero attached hydrogens (tertiary/aromatic N) is 1. The number of nitrogen functional groups attached to an aromatic ring is 1. The molecule has 0 aliphatic carbocycles. The van der Waals surface area contributed by atoms with Crippen LogP contribution in [0, 0.1) is 0 Å². The molecule has 0 saturated heterocycles. The largest absolute Gasteiger partial charge is 0.476 e. The predicted molar refractivity (Wildman–Crippen MR) is 80.9 cm³/mol. The zero-order chi connectivity index (χ0) is 13.5. The van der Waals surface area contributed by atoms with E-state index in [2.05, 4.69) is 34.7 Å². The predicted octanol–water partition coefficient (Wildman–Crippen LogP) is 3.17. The van der Waals surface area contributed by atoms with E-state index in [0.717, 1.165) is 25.2 Å². The first-order valence-electron chi connectivity index (χ1n) is 6.45. The topological polar surface area (TPSA) is 60.2 Å². The number of thiophene rings is 1. The van der Waals surface area contributed by atoms with Crippen molar-refractivity contribution in [2.75, 3.05) is 24.2 Å². The average Bonchev–Trinajstić information content (AvgIpc) is 2.92. The van der Waals surface area contributed by atoms with Crippen molar-refractivity contribution in [3.63, 3.8) is 0 Å². The van der Waals surface area contributed by atoms with Gasteiger partial charge in [0.1, 0.15) is 5.82 Å². The second-order valence-corrected chi connectivity index (χ2v) is 5.23. The summed E-state index contributed by atoms with van der Waals surface area (Å²) in [6.07, 6.45) is 1.94. The van der Waals surface area contributed by atoms with Crippen molar-refractivity contribution in [3.05, 3.63) is 34.5 Å². The van der Waals surface area contributed by atoms with Gasteiger partial charge in [-0.1, -0.05) is 13.0 Å². The van der Waals surface area contributed by atoms with Crippen LogP contribution in [0.1, 0.15) is 18.2 Å². The van der Waals surface area contributed by atoms with E-state index in [0.29, 0.717) is 18.2 Å². The molecule has 4 nitrogen and oxygen atoms in total. The third kappa shape index (κ3) is 4.13. The highest BCUT2D eigenvalue weighted by Gasteiger charge is 2.04. The van der Waals surface area contributed by atoms with Gasteiger partial charge in [0.05, 0.1) is 12.3 Å². The Kier molecular flexibility index (Phi) is 5.03. The number of nitrogens with one attached hydrogen (secondary N) is 1. The van der Waals surface area contributed by atoms with Crippen molar-refractivity contribution in [2.45, 2.75) is 19.8 Å². The Balaban J connectivity index is 1.89. The van der Waals surface area contributed by atoms with Crippen molar-refractivity contribution >= 4 is 22.8 Å². The smallest absolute Gasteiger partial charge is 0.239 e. The molecule has 2 heterocycles. The molecule has 0 radical (unpaired) electrons. The van der Waals surface area contributed by atoms with Crippen LogP contribution in [-0.2, 0) is 6.42 Å². The van der Waals surface area contributed by atoms with E-state index < -0.39 is 0 Å². The normalized spacial score (nSPS) is 10.4. The van der Waals surface area contributed by atoms with Gasteiger partial charge in [-0.3, -0.25) is 0 Å². The van der Waals surface area contributed by atoms with Crippen LogP contribution in [0.15, 0.2) is 29.6 Å². The van der Waals surface area contributed by atoms with Gasteiger partial charge in [-0.2, -0.15) is 4.98 Å². The third-order valence-electron chi connectivity index (χ3n) is 2.59. The lowest BCUT2D eigenvalue weighted by atomic mass is 10.3. The van der Waals surface area contributed by atoms with Gasteiger partial charge < -0.3 is 15.8 Å². The van der Waals surface area contributed by atoms with Gasteiger partial charge in [0.2, 0.25) is 5.88 Å². The van der Waals surface area contributed by atoms with Crippen molar-refractivity contribution in [2.24, 2.45) is 0 Å². The minimum atomic E-state index is 0.517. The number of hydrogen-bond acceptors (Lipinski definition) is 5. The van der Waals surface area contributed by atoms with Gasteiger partial charge in [0.15, 0.2) is 0 Å². The molecular formula is C14H19N3OS. The van der Waals surface area contributed by atoms with E-state index in [4.69, 9.17) is 10.5 Å². The SMILES string of the molecule is CCCOc1nc(NCCc2cccs2)ccc1N. The fraction of sp³-hybridized carbons (Fsp3) is 0.357. The van der Waals surface area contributed by atoms with E-state index >= 15 is 0 Å². The molecule has 0 bridgehead atoms. The van der Waals surface area contributed by atoms with Crippen molar-refractivity contribution < 1.29 is 4.74 Å². The fourth-order valence-corrected chi connectivity index (χ4v) is 2.34. The van der Waals surface area contributed by atoms with Gasteiger partial charge >= 0.3 is 0 Å². The van der Waals surface area contributed by atoms with E-state index in [1.807, 2.05) is 12.1 Å². The van der Waals surface area contributed by atoms with Crippen LogP contribution in [-0.4, -0.2) is 18.1 Å². The lowest BCUT2D eigenvalue weighted by Crippen LogP contribution is -2.08. The molecule has 0 atom stereocenters. The molecule has 2 aromatic heterocycles. The van der Waals surface area contributed by atoms with Crippen LogP contribution in [0.2, 0.25) is 0 Å². The second kappa shape index (κ2) is 6.99. The highest BCUT2D eigenvalue weighted by Crippen LogP contribution is 2.21. The summed E-state index contributed by atoms with van der Waals surface area (Å²) >= 11 is 1.77. The van der Waals surface area contributed by atoms with Gasteiger partial charge in [-0.25, -0.2) is 0 Å². The highest BCUT2D eigenvalue weighted by atomic mass is 32.1. The molecule has 0 saturated carbocycles. The standard InChI is InChI=1S/C14H19N3OS/c1-2-9-18-14-12(15)5-6-13(17-14)16-8-7-11-4-3-10-19-11/h3-6,10H,2,7-9,15H2,1H3,(H,16,17). The van der Waals surface area contributed by atoms with Gasteiger partial charge in [0.25, 0.3) is 0 Å². The monoisotopic (exact) mass is 277 g/mol. The molecule has 0 amide bonds. The maximum absolute atomic E-state index is 5.82. The first kappa shape index (κ1) is 13.7. The summed E-state index contributed by atoms with van der Waals surface area (Å²) in [6.45, 7) is 3.54. The highest BCUT2D eigenvalue weighted by molar-refractivity contribution is 7.09. The minimum absolute atomic E-state index is 0.517. The molecular weight excluding hydrogens is 258 g/mol. The van der Waals surface area contributed by atoms with Gasteiger partial charge in [-0.15, -0.1) is 11.3 Å². The Labute approximate surface area is 117 Å². The molecule has 0 fully saturated rings. The quantitative estimate of drug-likeness (QED) is 0.816. The molecule has 0 unspecified atom stereocenters. The van der Waals surface area contributed by atoms with Crippen molar-refractivity contribution in [3.8, 4) is 5.88 Å². The Morgan fingerprint density at radius 3 is 3.00 bits per heavy atom. The van der Waals surface area contributed by atoms with Crippen LogP contribution in [0.5, 0.6) is 5.88 Å². The number of aromatic nitrogens is 1. The fourth-order valence-electron chi connectivity index (χ4n) is 1.63. The van der Waals surface area contributed by atoms with E-state index in [9.17, 15) is 0 Å². The Bertz CT molecular complexity index is 499. The number of rotatable bonds is 7. The summed E-state index contributed by atoms with van der Waals surface area (Å²) in [6, 6.07) is 7.91. The van der Waals surface area contributed by atoms with Crippen molar-refractivity contribution in [1.29, 1.82) is 0 Å². The summed E-state index contributed by atoms with van der Waals surface area (Å²) in [5.74, 6) is 1.32. The molecule has 0 aliphatic rings. The summed E-state index contributed by atoms with van der Waals surface area (Å²) in [7, 11) is 0. The number of ether oxygens (including phenoxy) is 1. The number of anilines is 2. The zero-order valence-corrected chi connectivity index (χ0v) is 11.9. The molecule has 0 spiro atoms. The Hall–Kier alpha value is -1.75. The number of pyridine rings is 1. The first-order chi connectivity index (χ1) is 9.29. The molecule has 0 aromatic carbocycles. The Morgan fingerprint density at radius 1 is 1.37 bits per heavy atom. The second-order valence-electron chi connectivity index (χ2n) is 4.20. The maximum atomic E-state index is 5.82. The molecule has 5 heteroatoms. The molecule has 19 heavy (non-hydrogen) atoms. The van der Waals surface area contributed by atoms with Crippen LogP contribution in [0.3, 0.4) is 0 Å². The van der Waals surface area contributed by atoms with E-state index in [1.165, 1.54) is 4.88 Å². The zero-order valence-electron chi connectivity index (χ0n) is 11.1. The number of hydrogen-bond donors (Lipinski definition) is 2. The van der Waals surface area contributed by atoms with Crippen LogP contribution >= 0.6 is 11.3 Å². The maximum Gasteiger partial charge on any atom is 0.239 e. The molecule has 2 rings (SSSR count). The Morgan fingerprint density at radius 2 is 2.26 bits per heavy atom. The summed E-state index contributed by atoms with van der Waals surface area (Å²) in [5, 5.41) is 5.38.